The van der Waals surface area contributed by atoms with E-state index >= 15 is 0 Å². The third kappa shape index (κ3) is 9.29. The number of rotatable bonds is 11. The summed E-state index contributed by atoms with van der Waals surface area (Å²) in [5, 5.41) is 17.4. The summed E-state index contributed by atoms with van der Waals surface area (Å²) in [5.41, 5.74) is 1.61. The predicted molar refractivity (Wildman–Crippen MR) is 120 cm³/mol. The fraction of sp³-hybridized carbons (Fsp3) is 0.458. The van der Waals surface area contributed by atoms with Crippen molar-refractivity contribution in [1.82, 2.24) is 4.90 Å². The maximum Gasteiger partial charge on any atom is 0.335 e. The molecular weight excluding hydrogens is 382 g/mol. The van der Waals surface area contributed by atoms with Crippen molar-refractivity contribution in [2.24, 2.45) is 0 Å². The van der Waals surface area contributed by atoms with Crippen molar-refractivity contribution >= 4 is 5.97 Å². The van der Waals surface area contributed by atoms with Gasteiger partial charge in [-0.05, 0) is 81.2 Å². The largest absolute Gasteiger partial charge is 0.497 e. The van der Waals surface area contributed by atoms with Crippen LogP contribution in [0.15, 0.2) is 48.5 Å². The van der Waals surface area contributed by atoms with Crippen molar-refractivity contribution < 1.29 is 24.5 Å². The number of hydrogen-bond acceptors (Lipinski definition) is 5. The van der Waals surface area contributed by atoms with Crippen LogP contribution in [0.25, 0.3) is 0 Å². The van der Waals surface area contributed by atoms with Crippen molar-refractivity contribution in [2.45, 2.75) is 39.2 Å². The topological polar surface area (TPSA) is 79.2 Å². The highest BCUT2D eigenvalue weighted by atomic mass is 16.5. The maximum atomic E-state index is 10.4. The van der Waals surface area contributed by atoms with Crippen LogP contribution in [0, 0.1) is 0 Å². The molecular formula is C24H35NO5. The van der Waals surface area contributed by atoms with Crippen LogP contribution in [-0.2, 0) is 6.42 Å². The Morgan fingerprint density at radius 2 is 1.50 bits per heavy atom. The van der Waals surface area contributed by atoms with Gasteiger partial charge in [-0.15, -0.1) is 0 Å². The Morgan fingerprint density at radius 1 is 0.967 bits per heavy atom. The molecule has 0 saturated heterocycles. The van der Waals surface area contributed by atoms with Crippen molar-refractivity contribution in [3.05, 3.63) is 59.7 Å². The van der Waals surface area contributed by atoms with Crippen LogP contribution >= 0.6 is 0 Å². The number of benzene rings is 2. The van der Waals surface area contributed by atoms with Crippen LogP contribution in [0.4, 0.5) is 0 Å². The van der Waals surface area contributed by atoms with E-state index in [1.807, 2.05) is 12.1 Å². The van der Waals surface area contributed by atoms with E-state index in [4.69, 9.17) is 19.7 Å². The monoisotopic (exact) mass is 417 g/mol. The molecule has 6 nitrogen and oxygen atoms in total. The van der Waals surface area contributed by atoms with Crippen molar-refractivity contribution in [2.75, 3.05) is 33.9 Å². The second-order valence-electron chi connectivity index (χ2n) is 6.99. The molecule has 2 N–H and O–H groups in total. The molecule has 1 atom stereocenters. The van der Waals surface area contributed by atoms with Crippen molar-refractivity contribution in [1.29, 1.82) is 0 Å². The molecule has 0 fully saturated rings. The molecule has 2 aromatic rings. The minimum Gasteiger partial charge on any atom is -0.497 e. The van der Waals surface area contributed by atoms with Crippen LogP contribution in [0.2, 0.25) is 0 Å². The zero-order chi connectivity index (χ0) is 22.4. The number of carboxylic acids is 1. The van der Waals surface area contributed by atoms with E-state index < -0.39 is 5.97 Å². The Bertz CT molecular complexity index is 715. The van der Waals surface area contributed by atoms with E-state index in [1.54, 1.807) is 19.2 Å². The number of likely N-dealkylation sites (N-methyl/N-ethyl adjacent to an activating group) is 1. The standard InChI is InChI=1S/C16H27NO2.C8H8O3/c1-4-17(11-5-6-12-18)14(2)13-15-7-9-16(19-3)10-8-15;1-11-7-4-2-6(3-5-7)8(9)10/h7-10,14,18H,4-6,11-13H2,1-3H3;2-5H,1H3,(H,9,10). The Labute approximate surface area is 180 Å². The van der Waals surface area contributed by atoms with E-state index in [1.165, 1.54) is 24.8 Å². The Balaban J connectivity index is 0.000000346. The number of hydrogen-bond donors (Lipinski definition) is 2. The molecule has 0 aliphatic rings. The van der Waals surface area contributed by atoms with Crippen LogP contribution in [0.3, 0.4) is 0 Å². The number of aliphatic hydroxyl groups is 1. The summed E-state index contributed by atoms with van der Waals surface area (Å²) in [5.74, 6) is 0.648. The van der Waals surface area contributed by atoms with Gasteiger partial charge in [0.15, 0.2) is 0 Å². The summed E-state index contributed by atoms with van der Waals surface area (Å²) in [6.07, 6.45) is 3.01. The molecule has 2 aromatic carbocycles. The lowest BCUT2D eigenvalue weighted by Crippen LogP contribution is -2.35. The maximum absolute atomic E-state index is 10.4. The SMILES string of the molecule is CCN(CCCCO)C(C)Cc1ccc(OC)cc1.COc1ccc(C(=O)O)cc1. The fourth-order valence-corrected chi connectivity index (χ4v) is 3.08. The second kappa shape index (κ2) is 14.4. The highest BCUT2D eigenvalue weighted by Gasteiger charge is 2.12. The van der Waals surface area contributed by atoms with Gasteiger partial charge < -0.3 is 24.6 Å². The first-order valence-corrected chi connectivity index (χ1v) is 10.3. The lowest BCUT2D eigenvalue weighted by molar-refractivity contribution is 0.0697. The van der Waals surface area contributed by atoms with Crippen molar-refractivity contribution in [3.8, 4) is 11.5 Å². The number of carboxylic acid groups (broad SMARTS) is 1. The molecule has 0 saturated carbocycles. The molecule has 2 rings (SSSR count). The zero-order valence-electron chi connectivity index (χ0n) is 18.5. The predicted octanol–water partition coefficient (Wildman–Crippen LogP) is 4.11. The first kappa shape index (κ1) is 25.5. The smallest absolute Gasteiger partial charge is 0.335 e. The van der Waals surface area contributed by atoms with E-state index in [0.29, 0.717) is 18.4 Å². The van der Waals surface area contributed by atoms with Crippen LogP contribution in [0.5, 0.6) is 11.5 Å². The van der Waals surface area contributed by atoms with Gasteiger partial charge in [-0.2, -0.15) is 0 Å². The number of ether oxygens (including phenoxy) is 2. The summed E-state index contributed by atoms with van der Waals surface area (Å²) in [6.45, 7) is 6.89. The zero-order valence-corrected chi connectivity index (χ0v) is 18.5. The summed E-state index contributed by atoms with van der Waals surface area (Å²) in [7, 11) is 3.23. The van der Waals surface area contributed by atoms with Gasteiger partial charge in [0.05, 0.1) is 19.8 Å². The average molecular weight is 418 g/mol. The van der Waals surface area contributed by atoms with Gasteiger partial charge in [0.1, 0.15) is 11.5 Å². The number of aromatic carboxylic acids is 1. The van der Waals surface area contributed by atoms with Gasteiger partial charge in [0.25, 0.3) is 0 Å². The van der Waals surface area contributed by atoms with Crippen LogP contribution in [-0.4, -0.2) is 61.0 Å². The Morgan fingerprint density at radius 3 is 1.93 bits per heavy atom. The van der Waals surface area contributed by atoms with Gasteiger partial charge in [-0.3, -0.25) is 0 Å². The molecule has 0 aliphatic carbocycles. The fourth-order valence-electron chi connectivity index (χ4n) is 3.08. The third-order valence-electron chi connectivity index (χ3n) is 4.91. The number of unbranched alkanes of at least 4 members (excludes halogenated alkanes) is 1. The lowest BCUT2D eigenvalue weighted by Gasteiger charge is -2.28. The third-order valence-corrected chi connectivity index (χ3v) is 4.91. The minimum atomic E-state index is -0.923. The quantitative estimate of drug-likeness (QED) is 0.536. The molecule has 0 heterocycles. The minimum absolute atomic E-state index is 0.269. The summed E-state index contributed by atoms with van der Waals surface area (Å²) >= 11 is 0. The molecule has 0 aliphatic heterocycles. The molecule has 1 unspecified atom stereocenters. The van der Waals surface area contributed by atoms with Gasteiger partial charge in [-0.25, -0.2) is 4.79 Å². The number of methoxy groups -OCH3 is 2. The van der Waals surface area contributed by atoms with Gasteiger partial charge in [0, 0.05) is 12.6 Å². The average Bonchev–Trinajstić information content (AvgIpc) is 2.77. The van der Waals surface area contributed by atoms with E-state index in [-0.39, 0.29) is 5.56 Å². The van der Waals surface area contributed by atoms with Gasteiger partial charge >= 0.3 is 5.97 Å². The Hall–Kier alpha value is -2.57. The van der Waals surface area contributed by atoms with E-state index in [0.717, 1.165) is 38.1 Å². The molecule has 0 spiro atoms. The lowest BCUT2D eigenvalue weighted by atomic mass is 10.1. The summed E-state index contributed by atoms with van der Waals surface area (Å²) in [4.78, 5) is 12.8. The van der Waals surface area contributed by atoms with Crippen molar-refractivity contribution in [3.63, 3.8) is 0 Å². The normalized spacial score (nSPS) is 11.4. The summed E-state index contributed by atoms with van der Waals surface area (Å²) < 4.78 is 10.0. The molecule has 0 aromatic heterocycles. The van der Waals surface area contributed by atoms with Crippen LogP contribution in [0.1, 0.15) is 42.6 Å². The highest BCUT2D eigenvalue weighted by molar-refractivity contribution is 5.87. The van der Waals surface area contributed by atoms with Crippen LogP contribution < -0.4 is 9.47 Å². The molecule has 6 heteroatoms. The van der Waals surface area contributed by atoms with Gasteiger partial charge in [0.2, 0.25) is 0 Å². The molecule has 0 amide bonds. The molecule has 30 heavy (non-hydrogen) atoms. The molecule has 0 radical (unpaired) electrons. The molecule has 0 bridgehead atoms. The first-order valence-electron chi connectivity index (χ1n) is 10.3. The molecule has 166 valence electrons. The summed E-state index contributed by atoms with van der Waals surface area (Å²) in [6, 6.07) is 15.1. The second-order valence-corrected chi connectivity index (χ2v) is 6.99. The van der Waals surface area contributed by atoms with Gasteiger partial charge in [-0.1, -0.05) is 19.1 Å². The first-order chi connectivity index (χ1) is 14.4. The van der Waals surface area contributed by atoms with E-state index in [2.05, 4.69) is 30.9 Å². The number of nitrogens with zero attached hydrogens (tertiary/aromatic N) is 1. The number of aliphatic hydroxyl groups excluding tert-OH is 1. The Kier molecular flexibility index (Phi) is 12.2. The highest BCUT2D eigenvalue weighted by Crippen LogP contribution is 2.15. The van der Waals surface area contributed by atoms with E-state index in [9.17, 15) is 4.79 Å². The number of carbonyl (C=O) groups is 1.